The minimum atomic E-state index is -3.00. The molecule has 2 aliphatic heterocycles. The summed E-state index contributed by atoms with van der Waals surface area (Å²) in [6.07, 6.45) is 5.04. The summed E-state index contributed by atoms with van der Waals surface area (Å²) < 4.78 is 25.7. The Bertz CT molecular complexity index is 383. The van der Waals surface area contributed by atoms with E-state index in [9.17, 15) is 8.42 Å². The second-order valence-electron chi connectivity index (χ2n) is 6.23. The highest BCUT2D eigenvalue weighted by atomic mass is 32.2. The Morgan fingerprint density at radius 3 is 2.00 bits per heavy atom. The second-order valence-corrected chi connectivity index (χ2v) is 8.32. The highest BCUT2D eigenvalue weighted by Gasteiger charge is 2.28. The molecule has 2 rings (SSSR count). The first-order valence-electron chi connectivity index (χ1n) is 7.93. The molecule has 2 heterocycles. The molecule has 0 spiro atoms. The van der Waals surface area contributed by atoms with E-state index >= 15 is 0 Å². The fourth-order valence-corrected chi connectivity index (χ4v) is 4.74. The first-order valence-corrected chi connectivity index (χ1v) is 9.54. The normalized spacial score (nSPS) is 25.1. The van der Waals surface area contributed by atoms with Crippen molar-refractivity contribution in [1.82, 2.24) is 14.5 Å². The molecular formula is C14H29N3O2S. The minimum absolute atomic E-state index is 0.292. The van der Waals surface area contributed by atoms with Gasteiger partial charge in [-0.15, -0.1) is 0 Å². The summed E-state index contributed by atoms with van der Waals surface area (Å²) in [6.45, 7) is 5.63. The summed E-state index contributed by atoms with van der Waals surface area (Å²) in [7, 11) is -0.824. The molecule has 0 atom stereocenters. The summed E-state index contributed by atoms with van der Waals surface area (Å²) in [5.41, 5.74) is 0. The van der Waals surface area contributed by atoms with Crippen LogP contribution in [0.2, 0.25) is 0 Å². The fourth-order valence-electron chi connectivity index (χ4n) is 3.20. The topological polar surface area (TPSA) is 52.7 Å². The van der Waals surface area contributed by atoms with Gasteiger partial charge in [0.05, 0.1) is 5.75 Å². The predicted molar refractivity (Wildman–Crippen MR) is 82.3 cm³/mol. The van der Waals surface area contributed by atoms with Gasteiger partial charge in [0.25, 0.3) is 0 Å². The van der Waals surface area contributed by atoms with Gasteiger partial charge in [0, 0.05) is 25.2 Å². The van der Waals surface area contributed by atoms with E-state index in [-0.39, 0.29) is 0 Å². The molecule has 0 unspecified atom stereocenters. The molecule has 2 aliphatic rings. The van der Waals surface area contributed by atoms with Crippen LogP contribution < -0.4 is 5.32 Å². The molecule has 5 nitrogen and oxygen atoms in total. The zero-order chi connectivity index (χ0) is 14.6. The molecule has 118 valence electrons. The van der Waals surface area contributed by atoms with Gasteiger partial charge in [-0.3, -0.25) is 0 Å². The Labute approximate surface area is 123 Å². The van der Waals surface area contributed by atoms with E-state index in [1.54, 1.807) is 4.31 Å². The van der Waals surface area contributed by atoms with E-state index in [1.165, 1.54) is 25.9 Å². The molecule has 2 saturated heterocycles. The number of hydrogen-bond donors (Lipinski definition) is 1. The van der Waals surface area contributed by atoms with Crippen LogP contribution in [-0.4, -0.2) is 68.7 Å². The summed E-state index contributed by atoms with van der Waals surface area (Å²) in [6, 6.07) is 1.12. The standard InChI is InChI=1S/C14H29N3O2S/c1-3-12-20(18,19)17-10-6-14(7-11-17)15-13-4-8-16(2)9-5-13/h13-15H,3-12H2,1-2H3. The molecule has 2 fully saturated rings. The molecule has 1 N–H and O–H groups in total. The van der Waals surface area contributed by atoms with Crippen molar-refractivity contribution in [2.75, 3.05) is 39.0 Å². The smallest absolute Gasteiger partial charge is 0.214 e. The van der Waals surface area contributed by atoms with Gasteiger partial charge in [-0.25, -0.2) is 12.7 Å². The van der Waals surface area contributed by atoms with Crippen LogP contribution in [0.4, 0.5) is 0 Å². The van der Waals surface area contributed by atoms with Gasteiger partial charge in [0.15, 0.2) is 0 Å². The van der Waals surface area contributed by atoms with Gasteiger partial charge in [-0.05, 0) is 52.2 Å². The van der Waals surface area contributed by atoms with Gasteiger partial charge < -0.3 is 10.2 Å². The van der Waals surface area contributed by atoms with Gasteiger partial charge in [-0.2, -0.15) is 0 Å². The highest BCUT2D eigenvalue weighted by Crippen LogP contribution is 2.17. The zero-order valence-electron chi connectivity index (χ0n) is 12.8. The Balaban J connectivity index is 1.74. The summed E-state index contributed by atoms with van der Waals surface area (Å²) in [4.78, 5) is 2.37. The Kier molecular flexibility index (Phi) is 5.84. The van der Waals surface area contributed by atoms with Crippen molar-refractivity contribution in [2.24, 2.45) is 0 Å². The maximum absolute atomic E-state index is 12.0. The molecule has 0 aromatic rings. The second kappa shape index (κ2) is 7.20. The van der Waals surface area contributed by atoms with E-state index in [2.05, 4.69) is 17.3 Å². The quantitative estimate of drug-likeness (QED) is 0.819. The molecule has 0 radical (unpaired) electrons. The monoisotopic (exact) mass is 303 g/mol. The number of sulfonamides is 1. The maximum Gasteiger partial charge on any atom is 0.214 e. The van der Waals surface area contributed by atoms with Crippen LogP contribution >= 0.6 is 0 Å². The van der Waals surface area contributed by atoms with Crippen molar-refractivity contribution in [3.63, 3.8) is 0 Å². The van der Waals surface area contributed by atoms with E-state index in [0.717, 1.165) is 12.8 Å². The Morgan fingerprint density at radius 2 is 1.50 bits per heavy atom. The maximum atomic E-state index is 12.0. The lowest BCUT2D eigenvalue weighted by atomic mass is 10.0. The van der Waals surface area contributed by atoms with Crippen molar-refractivity contribution < 1.29 is 8.42 Å². The third-order valence-electron chi connectivity index (χ3n) is 4.50. The number of rotatable bonds is 5. The predicted octanol–water partition coefficient (Wildman–Crippen LogP) is 0.874. The molecule has 0 bridgehead atoms. The van der Waals surface area contributed by atoms with E-state index in [0.29, 0.717) is 37.3 Å². The molecule has 0 aromatic carbocycles. The van der Waals surface area contributed by atoms with Crippen LogP contribution in [0.1, 0.15) is 39.0 Å². The van der Waals surface area contributed by atoms with Crippen molar-refractivity contribution in [3.8, 4) is 0 Å². The fraction of sp³-hybridized carbons (Fsp3) is 1.00. The average molecular weight is 303 g/mol. The van der Waals surface area contributed by atoms with Crippen molar-refractivity contribution >= 4 is 10.0 Å². The van der Waals surface area contributed by atoms with Crippen LogP contribution in [0.5, 0.6) is 0 Å². The lowest BCUT2D eigenvalue weighted by Gasteiger charge is -2.36. The SMILES string of the molecule is CCCS(=O)(=O)N1CCC(NC2CCN(C)CC2)CC1. The first-order chi connectivity index (χ1) is 9.51. The van der Waals surface area contributed by atoms with Crippen molar-refractivity contribution in [2.45, 2.75) is 51.1 Å². The van der Waals surface area contributed by atoms with E-state index in [1.807, 2.05) is 6.92 Å². The lowest BCUT2D eigenvalue weighted by Crippen LogP contribution is -2.50. The molecule has 0 saturated carbocycles. The van der Waals surface area contributed by atoms with Crippen molar-refractivity contribution in [1.29, 1.82) is 0 Å². The van der Waals surface area contributed by atoms with Crippen LogP contribution in [0.3, 0.4) is 0 Å². The van der Waals surface area contributed by atoms with Crippen LogP contribution in [0, 0.1) is 0 Å². The molecular weight excluding hydrogens is 274 g/mol. The van der Waals surface area contributed by atoms with Crippen LogP contribution in [-0.2, 0) is 10.0 Å². The number of nitrogens with one attached hydrogen (secondary N) is 1. The first kappa shape index (κ1) is 16.2. The molecule has 6 heteroatoms. The Morgan fingerprint density at radius 1 is 1.00 bits per heavy atom. The number of piperidine rings is 2. The molecule has 0 aromatic heterocycles. The van der Waals surface area contributed by atoms with Gasteiger partial charge >= 0.3 is 0 Å². The van der Waals surface area contributed by atoms with Gasteiger partial charge in [0.2, 0.25) is 10.0 Å². The zero-order valence-corrected chi connectivity index (χ0v) is 13.7. The molecule has 0 aliphatic carbocycles. The van der Waals surface area contributed by atoms with Crippen LogP contribution in [0.25, 0.3) is 0 Å². The third-order valence-corrected chi connectivity index (χ3v) is 6.58. The van der Waals surface area contributed by atoms with Crippen molar-refractivity contribution in [3.05, 3.63) is 0 Å². The number of hydrogen-bond acceptors (Lipinski definition) is 4. The summed E-state index contributed by atoms with van der Waals surface area (Å²) in [5, 5.41) is 3.73. The largest absolute Gasteiger partial charge is 0.311 e. The molecule has 0 amide bonds. The third kappa shape index (κ3) is 4.41. The van der Waals surface area contributed by atoms with Crippen LogP contribution in [0.15, 0.2) is 0 Å². The van der Waals surface area contributed by atoms with E-state index in [4.69, 9.17) is 0 Å². The van der Waals surface area contributed by atoms with Gasteiger partial charge in [0.1, 0.15) is 0 Å². The van der Waals surface area contributed by atoms with E-state index < -0.39 is 10.0 Å². The highest BCUT2D eigenvalue weighted by molar-refractivity contribution is 7.89. The number of likely N-dealkylation sites (tertiary alicyclic amines) is 1. The minimum Gasteiger partial charge on any atom is -0.311 e. The molecule has 20 heavy (non-hydrogen) atoms. The summed E-state index contributed by atoms with van der Waals surface area (Å²) >= 11 is 0. The van der Waals surface area contributed by atoms with Gasteiger partial charge in [-0.1, -0.05) is 6.92 Å². The number of nitrogens with zero attached hydrogens (tertiary/aromatic N) is 2. The summed E-state index contributed by atoms with van der Waals surface area (Å²) in [5.74, 6) is 0.292. The average Bonchev–Trinajstić information content (AvgIpc) is 2.42. The lowest BCUT2D eigenvalue weighted by molar-refractivity contribution is 0.204. The Hall–Kier alpha value is -0.170.